The van der Waals surface area contributed by atoms with Gasteiger partial charge in [0, 0.05) is 11.6 Å². The Morgan fingerprint density at radius 3 is 2.50 bits per heavy atom. The number of nitrogens with zero attached hydrogens (tertiary/aromatic N) is 4. The van der Waals surface area contributed by atoms with Gasteiger partial charge in [-0.15, -0.1) is 0 Å². The Morgan fingerprint density at radius 2 is 1.83 bits per heavy atom. The van der Waals surface area contributed by atoms with Crippen molar-refractivity contribution >= 4 is 11.4 Å². The van der Waals surface area contributed by atoms with Crippen LogP contribution in [0.25, 0.3) is 16.8 Å². The van der Waals surface area contributed by atoms with Crippen molar-refractivity contribution in [3.8, 4) is 17.0 Å². The van der Waals surface area contributed by atoms with Crippen molar-refractivity contribution in [3.63, 3.8) is 0 Å². The zero-order valence-corrected chi connectivity index (χ0v) is 17.4. The highest BCUT2D eigenvalue weighted by atomic mass is 16.5. The van der Waals surface area contributed by atoms with Crippen molar-refractivity contribution < 1.29 is 9.53 Å². The van der Waals surface area contributed by atoms with Gasteiger partial charge in [0.2, 0.25) is 5.91 Å². The minimum absolute atomic E-state index is 0.0876. The normalized spacial score (nSPS) is 15.1. The molecule has 2 aromatic heterocycles. The number of ether oxygens (including phenoxy) is 1. The first-order valence-corrected chi connectivity index (χ1v) is 10.5. The monoisotopic (exact) mass is 409 g/mol. The Kier molecular flexibility index (Phi) is 5.83. The maximum atomic E-state index is 12.9. The number of benzene rings is 1. The maximum absolute atomic E-state index is 12.9. The summed E-state index contributed by atoms with van der Waals surface area (Å²) in [6, 6.07) is 9.40. The number of carbonyl (C=O) groups excluding carboxylic acids is 1. The fourth-order valence-corrected chi connectivity index (χ4v) is 4.02. The van der Waals surface area contributed by atoms with Crippen molar-refractivity contribution in [2.24, 2.45) is 0 Å². The molecule has 0 bridgehead atoms. The molecule has 1 amide bonds. The second-order valence-electron chi connectivity index (χ2n) is 7.82. The average Bonchev–Trinajstić information content (AvgIpc) is 3.05. The lowest BCUT2D eigenvalue weighted by Crippen LogP contribution is -2.40. The van der Waals surface area contributed by atoms with E-state index < -0.39 is 0 Å². The van der Waals surface area contributed by atoms with Crippen LogP contribution in [0, 0.1) is 6.92 Å². The van der Waals surface area contributed by atoms with Crippen LogP contribution in [0.4, 0.5) is 0 Å². The standard InChI is InChI=1S/C22H27N5O3/c1-15-24-26(14-21(28)23-17-7-5-3-4-6-8-17)22(29)20-13-19(25-27(15)20)16-9-11-18(30-2)12-10-16/h9-13,17H,3-8,14H2,1-2H3,(H,23,28). The second kappa shape index (κ2) is 8.69. The lowest BCUT2D eigenvalue weighted by molar-refractivity contribution is -0.122. The van der Waals surface area contributed by atoms with E-state index in [-0.39, 0.29) is 24.1 Å². The summed E-state index contributed by atoms with van der Waals surface area (Å²) in [5.41, 5.74) is 1.61. The van der Waals surface area contributed by atoms with Crippen LogP contribution in [0.1, 0.15) is 44.3 Å². The van der Waals surface area contributed by atoms with Crippen LogP contribution >= 0.6 is 0 Å². The average molecular weight is 409 g/mol. The van der Waals surface area contributed by atoms with E-state index in [0.29, 0.717) is 17.0 Å². The number of rotatable bonds is 5. The number of aryl methyl sites for hydroxylation is 1. The predicted molar refractivity (Wildman–Crippen MR) is 114 cm³/mol. The Hall–Kier alpha value is -3.16. The summed E-state index contributed by atoms with van der Waals surface area (Å²) in [5.74, 6) is 1.13. The van der Waals surface area contributed by atoms with Gasteiger partial charge in [0.15, 0.2) is 0 Å². The zero-order valence-electron chi connectivity index (χ0n) is 17.4. The number of methoxy groups -OCH3 is 1. The van der Waals surface area contributed by atoms with Crippen LogP contribution in [0.5, 0.6) is 5.75 Å². The molecule has 1 saturated carbocycles. The van der Waals surface area contributed by atoms with Crippen LogP contribution in [0.15, 0.2) is 35.1 Å². The van der Waals surface area contributed by atoms with Gasteiger partial charge in [-0.1, -0.05) is 25.7 Å². The minimum atomic E-state index is -0.330. The molecule has 0 spiro atoms. The molecule has 0 atom stereocenters. The number of amides is 1. The lowest BCUT2D eigenvalue weighted by atomic mass is 10.1. The topological polar surface area (TPSA) is 90.5 Å². The lowest BCUT2D eigenvalue weighted by Gasteiger charge is -2.16. The van der Waals surface area contributed by atoms with Gasteiger partial charge in [-0.05, 0) is 50.1 Å². The number of carbonyl (C=O) groups is 1. The fraction of sp³-hybridized carbons (Fsp3) is 0.455. The van der Waals surface area contributed by atoms with E-state index in [0.717, 1.165) is 37.0 Å². The first kappa shape index (κ1) is 20.1. The van der Waals surface area contributed by atoms with Gasteiger partial charge in [0.1, 0.15) is 23.6 Å². The first-order valence-electron chi connectivity index (χ1n) is 10.5. The molecular formula is C22H27N5O3. The molecule has 1 aliphatic carbocycles. The summed E-state index contributed by atoms with van der Waals surface area (Å²) in [6.07, 6.45) is 6.72. The van der Waals surface area contributed by atoms with E-state index >= 15 is 0 Å². The SMILES string of the molecule is COc1ccc(-c2cc3c(=O)n(CC(=O)NC4CCCCCC4)nc(C)n3n2)cc1. The predicted octanol–water partition coefficient (Wildman–Crippen LogP) is 2.71. The van der Waals surface area contributed by atoms with Crippen molar-refractivity contribution in [3.05, 3.63) is 46.5 Å². The summed E-state index contributed by atoms with van der Waals surface area (Å²) in [5, 5.41) is 11.9. The second-order valence-corrected chi connectivity index (χ2v) is 7.82. The van der Waals surface area contributed by atoms with Gasteiger partial charge in [0.25, 0.3) is 5.56 Å². The Balaban J connectivity index is 1.57. The third kappa shape index (κ3) is 4.22. The molecule has 30 heavy (non-hydrogen) atoms. The molecule has 2 heterocycles. The van der Waals surface area contributed by atoms with E-state index in [4.69, 9.17) is 4.74 Å². The highest BCUT2D eigenvalue weighted by molar-refractivity contribution is 5.76. The number of hydrogen-bond acceptors (Lipinski definition) is 5. The summed E-state index contributed by atoms with van der Waals surface area (Å²) < 4.78 is 7.95. The number of fused-ring (bicyclic) bond motifs is 1. The molecule has 8 nitrogen and oxygen atoms in total. The molecule has 8 heteroatoms. The van der Waals surface area contributed by atoms with Gasteiger partial charge in [-0.2, -0.15) is 10.2 Å². The van der Waals surface area contributed by atoms with Gasteiger partial charge in [-0.3, -0.25) is 9.59 Å². The number of nitrogens with one attached hydrogen (secondary N) is 1. The Bertz CT molecular complexity index is 1090. The fourth-order valence-electron chi connectivity index (χ4n) is 4.02. The molecule has 1 aromatic carbocycles. The molecular weight excluding hydrogens is 382 g/mol. The highest BCUT2D eigenvalue weighted by Crippen LogP contribution is 2.22. The van der Waals surface area contributed by atoms with Crippen LogP contribution in [0.3, 0.4) is 0 Å². The largest absolute Gasteiger partial charge is 0.497 e. The molecule has 3 aromatic rings. The van der Waals surface area contributed by atoms with Crippen molar-refractivity contribution in [2.45, 2.75) is 58.0 Å². The quantitative estimate of drug-likeness (QED) is 0.655. The summed E-state index contributed by atoms with van der Waals surface area (Å²) in [6.45, 7) is 1.69. The number of aromatic nitrogens is 4. The molecule has 0 unspecified atom stereocenters. The van der Waals surface area contributed by atoms with Crippen LogP contribution < -0.4 is 15.6 Å². The molecule has 1 N–H and O–H groups in total. The third-order valence-corrected chi connectivity index (χ3v) is 5.63. The minimum Gasteiger partial charge on any atom is -0.497 e. The van der Waals surface area contributed by atoms with E-state index in [2.05, 4.69) is 15.5 Å². The Labute approximate surface area is 174 Å². The van der Waals surface area contributed by atoms with E-state index in [9.17, 15) is 9.59 Å². The summed E-state index contributed by atoms with van der Waals surface area (Å²) in [4.78, 5) is 25.5. The molecule has 0 radical (unpaired) electrons. The van der Waals surface area contributed by atoms with Crippen molar-refractivity contribution in [1.29, 1.82) is 0 Å². The highest BCUT2D eigenvalue weighted by Gasteiger charge is 2.18. The van der Waals surface area contributed by atoms with Crippen LogP contribution in [0.2, 0.25) is 0 Å². The van der Waals surface area contributed by atoms with E-state index in [1.54, 1.807) is 20.1 Å². The molecule has 1 aliphatic rings. The van der Waals surface area contributed by atoms with Crippen LogP contribution in [-0.4, -0.2) is 38.5 Å². The van der Waals surface area contributed by atoms with Gasteiger partial charge >= 0.3 is 0 Å². The van der Waals surface area contributed by atoms with Gasteiger partial charge in [-0.25, -0.2) is 9.20 Å². The van der Waals surface area contributed by atoms with Crippen LogP contribution in [-0.2, 0) is 11.3 Å². The third-order valence-electron chi connectivity index (χ3n) is 5.63. The summed E-state index contributed by atoms with van der Waals surface area (Å²) >= 11 is 0. The Morgan fingerprint density at radius 1 is 1.13 bits per heavy atom. The first-order chi connectivity index (χ1) is 14.5. The molecule has 158 valence electrons. The smallest absolute Gasteiger partial charge is 0.293 e. The van der Waals surface area contributed by atoms with E-state index in [1.807, 2.05) is 24.3 Å². The van der Waals surface area contributed by atoms with Gasteiger partial charge < -0.3 is 10.1 Å². The van der Waals surface area contributed by atoms with E-state index in [1.165, 1.54) is 22.0 Å². The number of hydrogen-bond donors (Lipinski definition) is 1. The maximum Gasteiger partial charge on any atom is 0.293 e. The van der Waals surface area contributed by atoms with Crippen molar-refractivity contribution in [2.75, 3.05) is 7.11 Å². The molecule has 0 aliphatic heterocycles. The zero-order chi connectivity index (χ0) is 21.1. The molecule has 4 rings (SSSR count). The molecule has 1 fully saturated rings. The van der Waals surface area contributed by atoms with Gasteiger partial charge in [0.05, 0.1) is 12.8 Å². The van der Waals surface area contributed by atoms with Crippen molar-refractivity contribution in [1.82, 2.24) is 24.7 Å². The molecule has 0 saturated heterocycles. The summed E-state index contributed by atoms with van der Waals surface area (Å²) in [7, 11) is 1.61.